The van der Waals surface area contributed by atoms with Crippen molar-refractivity contribution in [3.63, 3.8) is 0 Å². The monoisotopic (exact) mass is 250 g/mol. The number of carbonyl (C=O) groups is 1. The second-order valence-corrected chi connectivity index (χ2v) is 4.25. The summed E-state index contributed by atoms with van der Waals surface area (Å²) >= 11 is 0. The smallest absolute Gasteiger partial charge is 0.253 e. The van der Waals surface area contributed by atoms with E-state index in [4.69, 9.17) is 9.47 Å². The van der Waals surface area contributed by atoms with Crippen molar-refractivity contribution >= 4 is 5.91 Å². The lowest BCUT2D eigenvalue weighted by atomic mass is 10.1. The van der Waals surface area contributed by atoms with E-state index in [0.29, 0.717) is 17.1 Å². The Kier molecular flexibility index (Phi) is 4.04. The van der Waals surface area contributed by atoms with Gasteiger partial charge in [-0.2, -0.15) is 0 Å². The lowest BCUT2D eigenvalue weighted by molar-refractivity contribution is 0.0793. The van der Waals surface area contributed by atoms with E-state index in [0.717, 1.165) is 19.5 Å². The zero-order chi connectivity index (χ0) is 13.0. The third-order valence-corrected chi connectivity index (χ3v) is 2.89. The van der Waals surface area contributed by atoms with Gasteiger partial charge in [0.25, 0.3) is 5.91 Å². The summed E-state index contributed by atoms with van der Waals surface area (Å²) in [6.45, 7) is 1.86. The number of rotatable bonds is 5. The van der Waals surface area contributed by atoms with Gasteiger partial charge in [0.05, 0.1) is 0 Å². The molecule has 5 nitrogen and oxygen atoms in total. The minimum atomic E-state index is 0.00408. The second kappa shape index (κ2) is 5.73. The number of fused-ring (bicyclic) bond motifs is 1. The maximum Gasteiger partial charge on any atom is 0.253 e. The van der Waals surface area contributed by atoms with Crippen LogP contribution in [0.15, 0.2) is 18.2 Å². The molecular weight excluding hydrogens is 232 g/mol. The molecule has 1 N–H and O–H groups in total. The molecule has 18 heavy (non-hydrogen) atoms. The van der Waals surface area contributed by atoms with E-state index in [1.54, 1.807) is 23.1 Å². The minimum absolute atomic E-state index is 0.00408. The maximum absolute atomic E-state index is 12.1. The molecule has 0 saturated carbocycles. The molecule has 0 unspecified atom stereocenters. The third-order valence-electron chi connectivity index (χ3n) is 2.89. The largest absolute Gasteiger partial charge is 0.454 e. The number of nitrogens with one attached hydrogen (secondary N) is 1. The van der Waals surface area contributed by atoms with Crippen LogP contribution in [0.5, 0.6) is 11.5 Å². The van der Waals surface area contributed by atoms with Gasteiger partial charge in [-0.15, -0.1) is 0 Å². The molecule has 0 spiro atoms. The summed E-state index contributed by atoms with van der Waals surface area (Å²) in [5, 5.41) is 3.06. The van der Waals surface area contributed by atoms with Gasteiger partial charge in [-0.3, -0.25) is 4.79 Å². The Morgan fingerprint density at radius 2 is 2.17 bits per heavy atom. The van der Waals surface area contributed by atoms with Crippen molar-refractivity contribution in [2.75, 3.05) is 34.0 Å². The molecule has 0 aliphatic carbocycles. The van der Waals surface area contributed by atoms with Gasteiger partial charge in [-0.1, -0.05) is 0 Å². The number of hydrogen-bond donors (Lipinski definition) is 1. The molecule has 1 aliphatic rings. The highest BCUT2D eigenvalue weighted by Gasteiger charge is 2.17. The highest BCUT2D eigenvalue weighted by Crippen LogP contribution is 2.32. The summed E-state index contributed by atoms with van der Waals surface area (Å²) in [6.07, 6.45) is 0.934. The summed E-state index contributed by atoms with van der Waals surface area (Å²) in [4.78, 5) is 13.9. The molecular formula is C13H18N2O3. The van der Waals surface area contributed by atoms with Gasteiger partial charge >= 0.3 is 0 Å². The van der Waals surface area contributed by atoms with E-state index >= 15 is 0 Å². The number of benzene rings is 1. The molecule has 0 saturated heterocycles. The van der Waals surface area contributed by atoms with Crippen LogP contribution in [0.1, 0.15) is 16.8 Å². The summed E-state index contributed by atoms with van der Waals surface area (Å²) in [5.41, 5.74) is 0.631. The van der Waals surface area contributed by atoms with Gasteiger partial charge in [0.1, 0.15) is 0 Å². The van der Waals surface area contributed by atoms with Crippen LogP contribution in [0.25, 0.3) is 0 Å². The molecule has 0 radical (unpaired) electrons. The van der Waals surface area contributed by atoms with Crippen LogP contribution in [0.4, 0.5) is 0 Å². The first-order chi connectivity index (χ1) is 8.72. The van der Waals surface area contributed by atoms with Gasteiger partial charge in [0, 0.05) is 19.2 Å². The van der Waals surface area contributed by atoms with Crippen LogP contribution in [-0.4, -0.2) is 44.8 Å². The van der Waals surface area contributed by atoms with E-state index in [1.807, 2.05) is 14.1 Å². The molecule has 1 aliphatic heterocycles. The van der Waals surface area contributed by atoms with Crippen LogP contribution in [0.2, 0.25) is 0 Å². The average Bonchev–Trinajstić information content (AvgIpc) is 2.85. The standard InChI is InChI=1S/C13H18N2O3/c1-14-6-3-7-15(2)13(16)10-4-5-11-12(8-10)18-9-17-11/h4-5,8,14H,3,6-7,9H2,1-2H3. The Bertz CT molecular complexity index is 434. The summed E-state index contributed by atoms with van der Waals surface area (Å²) < 4.78 is 10.5. The molecule has 1 aromatic carbocycles. The van der Waals surface area contributed by atoms with Crippen molar-refractivity contribution in [1.82, 2.24) is 10.2 Å². The summed E-state index contributed by atoms with van der Waals surface area (Å²) in [5.74, 6) is 1.35. The predicted octanol–water partition coefficient (Wildman–Crippen LogP) is 1.10. The Morgan fingerprint density at radius 3 is 2.94 bits per heavy atom. The number of carbonyl (C=O) groups excluding carboxylic acids is 1. The Morgan fingerprint density at radius 1 is 1.39 bits per heavy atom. The fraction of sp³-hybridized carbons (Fsp3) is 0.462. The first-order valence-electron chi connectivity index (χ1n) is 6.02. The lowest BCUT2D eigenvalue weighted by Gasteiger charge is -2.17. The van der Waals surface area contributed by atoms with E-state index in [1.165, 1.54) is 0 Å². The quantitative estimate of drug-likeness (QED) is 0.795. The zero-order valence-electron chi connectivity index (χ0n) is 10.7. The molecule has 1 aromatic rings. The molecule has 1 amide bonds. The topological polar surface area (TPSA) is 50.8 Å². The van der Waals surface area contributed by atoms with Gasteiger partial charge < -0.3 is 19.7 Å². The molecule has 5 heteroatoms. The summed E-state index contributed by atoms with van der Waals surface area (Å²) in [6, 6.07) is 5.28. The number of ether oxygens (including phenoxy) is 2. The minimum Gasteiger partial charge on any atom is -0.454 e. The van der Waals surface area contributed by atoms with Crippen LogP contribution in [0, 0.1) is 0 Å². The fourth-order valence-electron chi connectivity index (χ4n) is 1.84. The molecule has 0 aromatic heterocycles. The van der Waals surface area contributed by atoms with Crippen molar-refractivity contribution in [2.45, 2.75) is 6.42 Å². The van der Waals surface area contributed by atoms with Gasteiger partial charge in [0.15, 0.2) is 11.5 Å². The van der Waals surface area contributed by atoms with Gasteiger partial charge in [0.2, 0.25) is 6.79 Å². The average molecular weight is 250 g/mol. The lowest BCUT2D eigenvalue weighted by Crippen LogP contribution is -2.29. The number of hydrogen-bond acceptors (Lipinski definition) is 4. The SMILES string of the molecule is CNCCCN(C)C(=O)c1ccc2c(c1)OCO2. The van der Waals surface area contributed by atoms with Gasteiger partial charge in [-0.05, 0) is 38.2 Å². The van der Waals surface area contributed by atoms with E-state index in [-0.39, 0.29) is 12.7 Å². The highest BCUT2D eigenvalue weighted by atomic mass is 16.7. The number of nitrogens with zero attached hydrogens (tertiary/aromatic N) is 1. The predicted molar refractivity (Wildman–Crippen MR) is 68.1 cm³/mol. The van der Waals surface area contributed by atoms with Crippen LogP contribution < -0.4 is 14.8 Å². The Balaban J connectivity index is 2.00. The molecule has 0 bridgehead atoms. The van der Waals surface area contributed by atoms with Gasteiger partial charge in [-0.25, -0.2) is 0 Å². The normalized spacial score (nSPS) is 12.6. The van der Waals surface area contributed by atoms with Crippen molar-refractivity contribution < 1.29 is 14.3 Å². The molecule has 2 rings (SSSR count). The first kappa shape index (κ1) is 12.7. The second-order valence-electron chi connectivity index (χ2n) is 4.25. The van der Waals surface area contributed by atoms with Crippen molar-refractivity contribution in [1.29, 1.82) is 0 Å². The Labute approximate surface area is 107 Å². The van der Waals surface area contributed by atoms with E-state index in [9.17, 15) is 4.79 Å². The van der Waals surface area contributed by atoms with Crippen LogP contribution >= 0.6 is 0 Å². The highest BCUT2D eigenvalue weighted by molar-refractivity contribution is 5.94. The van der Waals surface area contributed by atoms with E-state index < -0.39 is 0 Å². The van der Waals surface area contributed by atoms with Crippen molar-refractivity contribution in [3.05, 3.63) is 23.8 Å². The van der Waals surface area contributed by atoms with Crippen LogP contribution in [0.3, 0.4) is 0 Å². The van der Waals surface area contributed by atoms with Crippen LogP contribution in [-0.2, 0) is 0 Å². The molecule has 98 valence electrons. The Hall–Kier alpha value is -1.75. The molecule has 0 atom stereocenters. The first-order valence-corrected chi connectivity index (χ1v) is 6.02. The van der Waals surface area contributed by atoms with Crippen molar-refractivity contribution in [3.8, 4) is 11.5 Å². The molecule has 0 fully saturated rings. The fourth-order valence-corrected chi connectivity index (χ4v) is 1.84. The van der Waals surface area contributed by atoms with Crippen molar-refractivity contribution in [2.24, 2.45) is 0 Å². The molecule has 1 heterocycles. The third kappa shape index (κ3) is 2.73. The maximum atomic E-state index is 12.1. The summed E-state index contributed by atoms with van der Waals surface area (Å²) in [7, 11) is 3.71. The van der Waals surface area contributed by atoms with E-state index in [2.05, 4.69) is 5.32 Å². The number of amides is 1. The zero-order valence-corrected chi connectivity index (χ0v) is 10.7.